The molecule has 1 saturated heterocycles. The van der Waals surface area contributed by atoms with Crippen molar-refractivity contribution in [2.45, 2.75) is 52.5 Å². The summed E-state index contributed by atoms with van der Waals surface area (Å²) in [7, 11) is 0. The molecule has 6 nitrogen and oxygen atoms in total. The highest BCUT2D eigenvalue weighted by molar-refractivity contribution is 6.32. The lowest BCUT2D eigenvalue weighted by molar-refractivity contribution is 0.0678. The Morgan fingerprint density at radius 3 is 2.39 bits per heavy atom. The van der Waals surface area contributed by atoms with Crippen LogP contribution in [0.15, 0.2) is 48.5 Å². The molecular weight excluding hydrogens is 495 g/mol. The van der Waals surface area contributed by atoms with Crippen LogP contribution in [0.2, 0.25) is 10.0 Å². The van der Waals surface area contributed by atoms with Crippen molar-refractivity contribution in [1.82, 2.24) is 14.7 Å². The van der Waals surface area contributed by atoms with Gasteiger partial charge in [-0.3, -0.25) is 4.79 Å². The number of likely N-dealkylation sites (tertiary alicyclic amines) is 1. The third-order valence-corrected chi connectivity index (χ3v) is 7.41. The summed E-state index contributed by atoms with van der Waals surface area (Å²) in [6, 6.07) is 13.9. The number of nitrogens with two attached hydrogens (primary N) is 1. The molecule has 0 saturated carbocycles. The molecule has 192 valence electrons. The maximum Gasteiger partial charge on any atom is 0.274 e. The van der Waals surface area contributed by atoms with Crippen molar-refractivity contribution in [2.24, 2.45) is 17.6 Å². The minimum atomic E-state index is -0.472. The van der Waals surface area contributed by atoms with Gasteiger partial charge in [-0.05, 0) is 61.1 Å². The molecule has 1 aliphatic rings. The van der Waals surface area contributed by atoms with Crippen LogP contribution in [0.3, 0.4) is 0 Å². The van der Waals surface area contributed by atoms with Crippen LogP contribution >= 0.6 is 23.2 Å². The van der Waals surface area contributed by atoms with Gasteiger partial charge in [-0.15, -0.1) is 0 Å². The zero-order valence-electron chi connectivity index (χ0n) is 21.1. The summed E-state index contributed by atoms with van der Waals surface area (Å²) < 4.78 is 7.98. The van der Waals surface area contributed by atoms with Gasteiger partial charge in [-0.1, -0.05) is 68.9 Å². The van der Waals surface area contributed by atoms with E-state index in [4.69, 9.17) is 38.8 Å². The number of hydrogen-bond donors (Lipinski definition) is 1. The van der Waals surface area contributed by atoms with Gasteiger partial charge in [0.1, 0.15) is 5.75 Å². The summed E-state index contributed by atoms with van der Waals surface area (Å²) in [6.07, 6.45) is 4.38. The van der Waals surface area contributed by atoms with E-state index in [1.54, 1.807) is 35.0 Å². The van der Waals surface area contributed by atoms with E-state index in [1.807, 2.05) is 36.9 Å². The van der Waals surface area contributed by atoms with E-state index in [-0.39, 0.29) is 11.8 Å². The highest BCUT2D eigenvalue weighted by Gasteiger charge is 2.34. The monoisotopic (exact) mass is 528 g/mol. The van der Waals surface area contributed by atoms with Gasteiger partial charge >= 0.3 is 0 Å². The molecular formula is C28H34Cl2N4O2. The van der Waals surface area contributed by atoms with Crippen molar-refractivity contribution < 1.29 is 9.53 Å². The van der Waals surface area contributed by atoms with E-state index >= 15 is 0 Å². The molecule has 0 radical (unpaired) electrons. The summed E-state index contributed by atoms with van der Waals surface area (Å²) in [5, 5.41) is 5.89. The van der Waals surface area contributed by atoms with Gasteiger partial charge < -0.3 is 15.4 Å². The lowest BCUT2D eigenvalue weighted by atomic mass is 9.92. The van der Waals surface area contributed by atoms with Gasteiger partial charge in [0.2, 0.25) is 5.88 Å². The molecule has 36 heavy (non-hydrogen) atoms. The SMILES string of the molecule is CCCC1CCN(C(=O)c2nn(-c3ccccc3Cl)c(Oc3ccc(Cl)cc3)c2C(N)C(C)C)CC1. The quantitative estimate of drug-likeness (QED) is 0.333. The molecule has 1 fully saturated rings. The van der Waals surface area contributed by atoms with Gasteiger partial charge in [-0.2, -0.15) is 9.78 Å². The fraction of sp³-hybridized carbons (Fsp3) is 0.429. The van der Waals surface area contributed by atoms with Crippen molar-refractivity contribution in [3.05, 3.63) is 69.8 Å². The molecule has 1 amide bonds. The Morgan fingerprint density at radius 1 is 1.11 bits per heavy atom. The lowest BCUT2D eigenvalue weighted by Gasteiger charge is -2.32. The minimum Gasteiger partial charge on any atom is -0.439 e. The number of piperidine rings is 1. The van der Waals surface area contributed by atoms with Crippen LogP contribution in [-0.4, -0.2) is 33.7 Å². The summed E-state index contributed by atoms with van der Waals surface area (Å²) in [5.74, 6) is 1.53. The molecule has 0 spiro atoms. The maximum atomic E-state index is 13.9. The van der Waals surface area contributed by atoms with Gasteiger partial charge in [0.15, 0.2) is 5.69 Å². The zero-order chi connectivity index (χ0) is 25.8. The predicted octanol–water partition coefficient (Wildman–Crippen LogP) is 7.28. The molecule has 1 aromatic heterocycles. The van der Waals surface area contributed by atoms with Crippen molar-refractivity contribution in [3.8, 4) is 17.3 Å². The number of carbonyl (C=O) groups excluding carboxylic acids is 1. The molecule has 4 rings (SSSR count). The van der Waals surface area contributed by atoms with Gasteiger partial charge in [0.05, 0.1) is 16.3 Å². The molecule has 2 heterocycles. The molecule has 2 N–H and O–H groups in total. The Morgan fingerprint density at radius 2 is 1.78 bits per heavy atom. The Kier molecular flexibility index (Phi) is 8.60. The number of rotatable bonds is 8. The number of nitrogens with zero attached hydrogens (tertiary/aromatic N) is 3. The van der Waals surface area contributed by atoms with Crippen LogP contribution in [0.25, 0.3) is 5.69 Å². The van der Waals surface area contributed by atoms with E-state index in [2.05, 4.69) is 6.92 Å². The topological polar surface area (TPSA) is 73.4 Å². The van der Waals surface area contributed by atoms with Gasteiger partial charge in [0.25, 0.3) is 5.91 Å². The highest BCUT2D eigenvalue weighted by Crippen LogP contribution is 2.39. The first-order valence-electron chi connectivity index (χ1n) is 12.7. The van der Waals surface area contributed by atoms with Crippen LogP contribution < -0.4 is 10.5 Å². The molecule has 1 aliphatic heterocycles. The molecule has 1 unspecified atom stereocenters. The third-order valence-electron chi connectivity index (χ3n) is 6.84. The second-order valence-electron chi connectivity index (χ2n) is 9.78. The number of benzene rings is 2. The number of halogens is 2. The first-order chi connectivity index (χ1) is 17.3. The molecule has 3 aromatic rings. The predicted molar refractivity (Wildman–Crippen MR) is 145 cm³/mol. The molecule has 1 atom stereocenters. The number of amides is 1. The van der Waals surface area contributed by atoms with E-state index in [0.29, 0.717) is 57.6 Å². The molecule has 0 bridgehead atoms. The summed E-state index contributed by atoms with van der Waals surface area (Å²) >= 11 is 12.7. The number of para-hydroxylation sites is 1. The number of hydrogen-bond acceptors (Lipinski definition) is 4. The third kappa shape index (κ3) is 5.72. The molecule has 0 aliphatic carbocycles. The lowest BCUT2D eigenvalue weighted by Crippen LogP contribution is -2.39. The van der Waals surface area contributed by atoms with Gasteiger partial charge in [-0.25, -0.2) is 0 Å². The standard InChI is InChI=1S/C28H34Cl2N4O2/c1-4-7-19-14-16-33(17-15-19)27(35)26-24(25(31)18(2)3)28(36-21-12-10-20(29)11-13-21)34(32-26)23-9-6-5-8-22(23)30/h5-6,8-13,18-19,25H,4,7,14-17,31H2,1-3H3. The average Bonchev–Trinajstić information content (AvgIpc) is 3.24. The van der Waals surface area contributed by atoms with Crippen molar-refractivity contribution in [3.63, 3.8) is 0 Å². The van der Waals surface area contributed by atoms with Crippen LogP contribution in [-0.2, 0) is 0 Å². The molecule has 2 aromatic carbocycles. The largest absolute Gasteiger partial charge is 0.439 e. The van der Waals surface area contributed by atoms with E-state index < -0.39 is 6.04 Å². The second-order valence-corrected chi connectivity index (χ2v) is 10.6. The highest BCUT2D eigenvalue weighted by atomic mass is 35.5. The van der Waals surface area contributed by atoms with E-state index in [1.165, 1.54) is 12.8 Å². The first-order valence-corrected chi connectivity index (χ1v) is 13.4. The van der Waals surface area contributed by atoms with Crippen LogP contribution in [0.1, 0.15) is 68.5 Å². The van der Waals surface area contributed by atoms with Crippen LogP contribution in [0.5, 0.6) is 11.6 Å². The van der Waals surface area contributed by atoms with Crippen molar-refractivity contribution in [2.75, 3.05) is 13.1 Å². The van der Waals surface area contributed by atoms with Crippen molar-refractivity contribution >= 4 is 29.1 Å². The first kappa shape index (κ1) is 26.5. The Balaban J connectivity index is 1.82. The number of aromatic nitrogens is 2. The summed E-state index contributed by atoms with van der Waals surface area (Å²) in [6.45, 7) is 7.68. The van der Waals surface area contributed by atoms with Crippen LogP contribution in [0.4, 0.5) is 0 Å². The van der Waals surface area contributed by atoms with E-state index in [0.717, 1.165) is 12.8 Å². The van der Waals surface area contributed by atoms with Gasteiger partial charge in [0, 0.05) is 24.2 Å². The smallest absolute Gasteiger partial charge is 0.274 e. The Hall–Kier alpha value is -2.54. The van der Waals surface area contributed by atoms with E-state index in [9.17, 15) is 4.79 Å². The van der Waals surface area contributed by atoms with Crippen LogP contribution in [0, 0.1) is 11.8 Å². The maximum absolute atomic E-state index is 13.9. The second kappa shape index (κ2) is 11.7. The normalized spacial score (nSPS) is 15.4. The number of ether oxygens (including phenoxy) is 1. The van der Waals surface area contributed by atoms with Crippen molar-refractivity contribution in [1.29, 1.82) is 0 Å². The molecule has 8 heteroatoms. The summed E-state index contributed by atoms with van der Waals surface area (Å²) in [4.78, 5) is 15.8. The Bertz CT molecular complexity index is 1180. The Labute approximate surface area is 223 Å². The minimum absolute atomic E-state index is 0.0447. The zero-order valence-corrected chi connectivity index (χ0v) is 22.6. The average molecular weight is 530 g/mol. The number of carbonyl (C=O) groups is 1. The fourth-order valence-corrected chi connectivity index (χ4v) is 5.03. The fourth-order valence-electron chi connectivity index (χ4n) is 4.69. The summed E-state index contributed by atoms with van der Waals surface area (Å²) in [5.41, 5.74) is 8.23.